The number of fused-ring (bicyclic) bond motifs is 1. The van der Waals surface area contributed by atoms with Crippen LogP contribution in [0.4, 0.5) is 13.2 Å². The average molecular weight is 515 g/mol. The molecule has 1 aliphatic heterocycles. The van der Waals surface area contributed by atoms with Gasteiger partial charge in [0.15, 0.2) is 0 Å². The van der Waals surface area contributed by atoms with Gasteiger partial charge in [0.2, 0.25) is 5.91 Å². The number of halogens is 3. The number of hydrogen-bond donors (Lipinski definition) is 2. The largest absolute Gasteiger partial charge is 0.433 e. The lowest BCUT2D eigenvalue weighted by Gasteiger charge is -2.32. The van der Waals surface area contributed by atoms with Crippen LogP contribution in [0.15, 0.2) is 36.3 Å². The third kappa shape index (κ3) is 5.40. The van der Waals surface area contributed by atoms with Crippen molar-refractivity contribution in [3.63, 3.8) is 0 Å². The zero-order chi connectivity index (χ0) is 26.2. The normalized spacial score (nSPS) is 16.3. The highest BCUT2D eigenvalue weighted by molar-refractivity contribution is 5.94. The molecule has 37 heavy (non-hydrogen) atoms. The first-order valence-electron chi connectivity index (χ1n) is 11.8. The summed E-state index contributed by atoms with van der Waals surface area (Å²) in [6.07, 6.45) is 1.07. The maximum atomic E-state index is 13.2. The van der Waals surface area contributed by atoms with Crippen molar-refractivity contribution in [2.45, 2.75) is 25.6 Å². The average Bonchev–Trinajstić information content (AvgIpc) is 3.51. The molecule has 194 valence electrons. The van der Waals surface area contributed by atoms with E-state index in [1.54, 1.807) is 17.0 Å². The molecular weight excluding hydrogens is 489 g/mol. The van der Waals surface area contributed by atoms with E-state index >= 15 is 0 Å². The maximum absolute atomic E-state index is 13.2. The SMILES string of the molecule is CN1CCN(C(=O)Cn2cc3c(n2)CCC(NC(=O)c2cccc(-c4cn[nH]c4C(F)(F)F)n2)=C3)CC1. The minimum Gasteiger partial charge on any atom is -0.339 e. The number of aromatic nitrogens is 5. The molecule has 5 rings (SSSR count). The number of carbonyl (C=O) groups excluding carboxylic acids is 2. The third-order valence-corrected chi connectivity index (χ3v) is 6.44. The molecule has 13 heteroatoms. The van der Waals surface area contributed by atoms with Crippen LogP contribution in [-0.4, -0.2) is 79.8 Å². The number of rotatable bonds is 5. The molecule has 0 spiro atoms. The fourth-order valence-electron chi connectivity index (χ4n) is 4.40. The second-order valence-corrected chi connectivity index (χ2v) is 9.10. The van der Waals surface area contributed by atoms with Crippen LogP contribution < -0.4 is 5.32 Å². The highest BCUT2D eigenvalue weighted by Gasteiger charge is 2.36. The number of allylic oxidation sites excluding steroid dienone is 1. The molecule has 0 aromatic carbocycles. The number of pyridine rings is 1. The molecule has 2 amide bonds. The Morgan fingerprint density at radius 1 is 1.14 bits per heavy atom. The molecule has 0 radical (unpaired) electrons. The van der Waals surface area contributed by atoms with Gasteiger partial charge in [0.05, 0.1) is 23.1 Å². The van der Waals surface area contributed by atoms with Crippen molar-refractivity contribution in [2.24, 2.45) is 0 Å². The van der Waals surface area contributed by atoms with Gasteiger partial charge in [-0.15, -0.1) is 0 Å². The number of H-pyrrole nitrogens is 1. The Balaban J connectivity index is 1.26. The molecule has 0 bridgehead atoms. The number of aryl methyl sites for hydroxylation is 1. The quantitative estimate of drug-likeness (QED) is 0.540. The van der Waals surface area contributed by atoms with E-state index in [1.165, 1.54) is 18.2 Å². The Kier molecular flexibility index (Phi) is 6.54. The highest BCUT2D eigenvalue weighted by atomic mass is 19.4. The van der Waals surface area contributed by atoms with Crippen LogP contribution in [0.25, 0.3) is 17.3 Å². The predicted molar refractivity (Wildman–Crippen MR) is 127 cm³/mol. The molecular formula is C24H25F3N8O2. The van der Waals surface area contributed by atoms with Gasteiger partial charge in [-0.05, 0) is 38.1 Å². The van der Waals surface area contributed by atoms with Crippen molar-refractivity contribution in [2.75, 3.05) is 33.2 Å². The van der Waals surface area contributed by atoms with Gasteiger partial charge in [-0.2, -0.15) is 23.4 Å². The number of likely N-dealkylation sites (N-methyl/N-ethyl adjacent to an activating group) is 1. The van der Waals surface area contributed by atoms with E-state index in [2.05, 4.69) is 25.4 Å². The van der Waals surface area contributed by atoms with Crippen LogP contribution in [0.5, 0.6) is 0 Å². The number of hydrogen-bond acceptors (Lipinski definition) is 6. The second kappa shape index (κ2) is 9.81. The van der Waals surface area contributed by atoms with E-state index in [-0.39, 0.29) is 29.4 Å². The van der Waals surface area contributed by atoms with Gasteiger partial charge >= 0.3 is 6.18 Å². The van der Waals surface area contributed by atoms with Gasteiger partial charge in [-0.3, -0.25) is 19.4 Å². The van der Waals surface area contributed by atoms with Crippen molar-refractivity contribution >= 4 is 17.9 Å². The Morgan fingerprint density at radius 3 is 2.68 bits per heavy atom. The summed E-state index contributed by atoms with van der Waals surface area (Å²) in [4.78, 5) is 33.6. The van der Waals surface area contributed by atoms with Crippen LogP contribution in [0.2, 0.25) is 0 Å². The molecule has 0 saturated carbocycles. The van der Waals surface area contributed by atoms with Crippen LogP contribution in [0, 0.1) is 0 Å². The zero-order valence-corrected chi connectivity index (χ0v) is 20.0. The Bertz CT molecular complexity index is 1350. The molecule has 2 aliphatic rings. The molecule has 0 unspecified atom stereocenters. The van der Waals surface area contributed by atoms with E-state index in [0.29, 0.717) is 31.6 Å². The van der Waals surface area contributed by atoms with E-state index in [4.69, 9.17) is 0 Å². The number of alkyl halides is 3. The molecule has 3 aromatic heterocycles. The maximum Gasteiger partial charge on any atom is 0.433 e. The Morgan fingerprint density at radius 2 is 1.92 bits per heavy atom. The minimum absolute atomic E-state index is 0.0140. The summed E-state index contributed by atoms with van der Waals surface area (Å²) in [7, 11) is 2.03. The van der Waals surface area contributed by atoms with Crippen molar-refractivity contribution in [1.29, 1.82) is 0 Å². The van der Waals surface area contributed by atoms with Gasteiger partial charge in [-0.1, -0.05) is 6.07 Å². The summed E-state index contributed by atoms with van der Waals surface area (Å²) in [6.45, 7) is 3.23. The first-order chi connectivity index (χ1) is 17.7. The summed E-state index contributed by atoms with van der Waals surface area (Å²) in [5.41, 5.74) is 0.984. The van der Waals surface area contributed by atoms with Crippen molar-refractivity contribution in [1.82, 2.24) is 40.1 Å². The van der Waals surface area contributed by atoms with Crippen molar-refractivity contribution in [3.8, 4) is 11.3 Å². The lowest BCUT2D eigenvalue weighted by atomic mass is 10.0. The predicted octanol–water partition coefficient (Wildman–Crippen LogP) is 2.18. The van der Waals surface area contributed by atoms with Gasteiger partial charge in [0, 0.05) is 43.6 Å². The number of nitrogens with one attached hydrogen (secondary N) is 2. The molecule has 10 nitrogen and oxygen atoms in total. The summed E-state index contributed by atoms with van der Waals surface area (Å²) < 4.78 is 41.3. The first-order valence-corrected chi connectivity index (χ1v) is 11.8. The van der Waals surface area contributed by atoms with Crippen LogP contribution in [0.1, 0.15) is 33.9 Å². The summed E-state index contributed by atoms with van der Waals surface area (Å²) in [6, 6.07) is 4.29. The second-order valence-electron chi connectivity index (χ2n) is 9.10. The van der Waals surface area contributed by atoms with Crippen molar-refractivity contribution < 1.29 is 22.8 Å². The summed E-state index contributed by atoms with van der Waals surface area (Å²) in [5, 5.41) is 12.7. The van der Waals surface area contributed by atoms with Crippen LogP contribution in [0.3, 0.4) is 0 Å². The number of aromatic amines is 1. The standard InChI is InChI=1S/C24H25F3N8O2/c1-33-7-9-34(10-8-33)21(36)14-35-13-15-11-16(5-6-18(15)32-35)29-23(37)20-4-2-3-19(30-20)17-12-28-31-22(17)24(25,26)27/h2-4,11-13H,5-10,14H2,1H3,(H,28,31)(H,29,37). The van der Waals surface area contributed by atoms with Crippen LogP contribution >= 0.6 is 0 Å². The summed E-state index contributed by atoms with van der Waals surface area (Å²) >= 11 is 0. The number of amides is 2. The van der Waals surface area contributed by atoms with Gasteiger partial charge in [-0.25, -0.2) is 4.98 Å². The smallest absolute Gasteiger partial charge is 0.339 e. The Labute approximate surface area is 210 Å². The number of carbonyl (C=O) groups is 2. The van der Waals surface area contributed by atoms with Gasteiger partial charge < -0.3 is 15.1 Å². The minimum atomic E-state index is -4.63. The summed E-state index contributed by atoms with van der Waals surface area (Å²) in [5.74, 6) is -0.519. The van der Waals surface area contributed by atoms with Crippen LogP contribution in [-0.2, 0) is 23.9 Å². The van der Waals surface area contributed by atoms with Gasteiger partial charge in [0.25, 0.3) is 5.91 Å². The van der Waals surface area contributed by atoms with Crippen molar-refractivity contribution in [3.05, 3.63) is 58.9 Å². The number of nitrogens with zero attached hydrogens (tertiary/aromatic N) is 6. The molecule has 4 heterocycles. The lowest BCUT2D eigenvalue weighted by Crippen LogP contribution is -2.48. The molecule has 1 saturated heterocycles. The first kappa shape index (κ1) is 24.7. The molecule has 3 aromatic rings. The Hall–Kier alpha value is -4.00. The van der Waals surface area contributed by atoms with E-state index < -0.39 is 17.8 Å². The molecule has 2 N–H and O–H groups in total. The topological polar surface area (TPSA) is 112 Å². The molecule has 1 aliphatic carbocycles. The van der Waals surface area contributed by atoms with Gasteiger partial charge in [0.1, 0.15) is 17.9 Å². The fraction of sp³-hybridized carbons (Fsp3) is 0.375. The fourth-order valence-corrected chi connectivity index (χ4v) is 4.40. The molecule has 0 atom stereocenters. The van der Waals surface area contributed by atoms with E-state index in [9.17, 15) is 22.8 Å². The molecule has 1 fully saturated rings. The van der Waals surface area contributed by atoms with E-state index in [0.717, 1.165) is 30.5 Å². The number of piperazine rings is 1. The monoisotopic (exact) mass is 514 g/mol. The van der Waals surface area contributed by atoms with E-state index in [1.807, 2.05) is 17.0 Å². The zero-order valence-electron chi connectivity index (χ0n) is 20.0. The third-order valence-electron chi connectivity index (χ3n) is 6.44. The lowest BCUT2D eigenvalue weighted by molar-refractivity contribution is -0.140. The highest BCUT2D eigenvalue weighted by Crippen LogP contribution is 2.34.